The number of fused-ring (bicyclic) bond motifs is 2. The molecule has 0 aliphatic heterocycles. The molecule has 0 unspecified atom stereocenters. The van der Waals surface area contributed by atoms with Gasteiger partial charge in [-0.25, -0.2) is 4.39 Å². The molecule has 0 saturated heterocycles. The molecule has 0 fully saturated rings. The molecule has 172 valence electrons. The van der Waals surface area contributed by atoms with Crippen LogP contribution in [-0.4, -0.2) is 22.4 Å². The van der Waals surface area contributed by atoms with Crippen molar-refractivity contribution in [2.45, 2.75) is 20.0 Å². The molecule has 0 bridgehead atoms. The number of H-pyrrole nitrogens is 2. The van der Waals surface area contributed by atoms with Crippen molar-refractivity contribution in [1.29, 1.82) is 0 Å². The average Bonchev–Trinajstić information content (AvgIpc) is 3.39. The summed E-state index contributed by atoms with van der Waals surface area (Å²) >= 11 is 3.36. The van der Waals surface area contributed by atoms with Gasteiger partial charge >= 0.3 is 0 Å². The van der Waals surface area contributed by atoms with Crippen molar-refractivity contribution >= 4 is 43.6 Å². The van der Waals surface area contributed by atoms with E-state index < -0.39 is 0 Å². The summed E-state index contributed by atoms with van der Waals surface area (Å²) in [5, 5.41) is 4.69. The number of benzene rings is 3. The fourth-order valence-electron chi connectivity index (χ4n) is 4.19. The lowest BCUT2D eigenvalue weighted by atomic mass is 10.1. The minimum Gasteiger partial charge on any atom is -0.489 e. The first-order chi connectivity index (χ1) is 16.5. The van der Waals surface area contributed by atoms with E-state index in [2.05, 4.69) is 31.2 Å². The van der Waals surface area contributed by atoms with Crippen LogP contribution in [-0.2, 0) is 13.0 Å². The number of hydrogen-bond donors (Lipinski definition) is 3. The third-order valence-electron chi connectivity index (χ3n) is 5.89. The number of carbonyl (C=O) groups excluding carboxylic acids is 1. The molecule has 5 aromatic rings. The van der Waals surface area contributed by atoms with Gasteiger partial charge in [0.05, 0.1) is 5.52 Å². The average molecular weight is 520 g/mol. The predicted octanol–water partition coefficient (Wildman–Crippen LogP) is 6.41. The summed E-state index contributed by atoms with van der Waals surface area (Å²) in [6.45, 7) is 2.83. The first-order valence-electron chi connectivity index (χ1n) is 11.0. The van der Waals surface area contributed by atoms with Crippen molar-refractivity contribution in [3.63, 3.8) is 0 Å². The number of aryl methyl sites for hydroxylation is 1. The molecule has 2 aromatic heterocycles. The number of aromatic nitrogens is 2. The molecule has 3 N–H and O–H groups in total. The number of aromatic amines is 2. The highest BCUT2D eigenvalue weighted by molar-refractivity contribution is 9.10. The van der Waals surface area contributed by atoms with Crippen molar-refractivity contribution in [2.24, 2.45) is 0 Å². The van der Waals surface area contributed by atoms with E-state index in [-0.39, 0.29) is 11.7 Å². The molecule has 1 amide bonds. The summed E-state index contributed by atoms with van der Waals surface area (Å²) in [7, 11) is 0. The molecule has 0 saturated carbocycles. The maximum Gasteiger partial charge on any atom is 0.267 e. The van der Waals surface area contributed by atoms with Gasteiger partial charge in [-0.15, -0.1) is 0 Å². The topological polar surface area (TPSA) is 69.9 Å². The first kappa shape index (κ1) is 22.2. The lowest BCUT2D eigenvalue weighted by Gasteiger charge is -2.06. The fraction of sp³-hybridized carbons (Fsp3) is 0.148. The lowest BCUT2D eigenvalue weighted by Crippen LogP contribution is -2.26. The Morgan fingerprint density at radius 2 is 1.88 bits per heavy atom. The van der Waals surface area contributed by atoms with Crippen LogP contribution in [0.3, 0.4) is 0 Å². The van der Waals surface area contributed by atoms with Gasteiger partial charge in [-0.1, -0.05) is 46.3 Å². The monoisotopic (exact) mass is 519 g/mol. The van der Waals surface area contributed by atoms with Crippen LogP contribution >= 0.6 is 15.9 Å². The van der Waals surface area contributed by atoms with Gasteiger partial charge in [-0.2, -0.15) is 0 Å². The van der Waals surface area contributed by atoms with E-state index in [0.29, 0.717) is 35.3 Å². The Bertz CT molecular complexity index is 1490. The molecule has 3 aromatic carbocycles. The largest absolute Gasteiger partial charge is 0.489 e. The van der Waals surface area contributed by atoms with Crippen LogP contribution < -0.4 is 10.1 Å². The normalized spacial score (nSPS) is 11.3. The third-order valence-corrected chi connectivity index (χ3v) is 6.35. The van der Waals surface area contributed by atoms with Gasteiger partial charge < -0.3 is 20.0 Å². The second-order valence-electron chi connectivity index (χ2n) is 8.25. The summed E-state index contributed by atoms with van der Waals surface area (Å²) in [4.78, 5) is 19.0. The van der Waals surface area contributed by atoms with Gasteiger partial charge in [-0.3, -0.25) is 4.79 Å². The minimum atomic E-state index is -0.298. The number of amides is 1. The van der Waals surface area contributed by atoms with E-state index in [1.807, 2.05) is 67.6 Å². The van der Waals surface area contributed by atoms with Crippen LogP contribution in [0.2, 0.25) is 0 Å². The zero-order valence-corrected chi connectivity index (χ0v) is 20.1. The molecule has 2 heterocycles. The van der Waals surface area contributed by atoms with Crippen molar-refractivity contribution in [1.82, 2.24) is 15.3 Å². The van der Waals surface area contributed by atoms with Crippen LogP contribution in [0.5, 0.6) is 5.75 Å². The van der Waals surface area contributed by atoms with Crippen LogP contribution in [0.1, 0.15) is 27.3 Å². The Hall–Kier alpha value is -3.58. The Balaban J connectivity index is 1.24. The standard InChI is InChI=1S/C27H23BrFN3O2/c1-16-21(22-13-19(28)14-23(29)26(22)31-16)9-10-30-27(33)25-12-18-11-20(7-8-24(18)32-25)34-15-17-5-3-2-4-6-17/h2-8,11-14,31-32H,9-10,15H2,1H3,(H,30,33). The number of nitrogens with one attached hydrogen (secondary N) is 3. The van der Waals surface area contributed by atoms with Gasteiger partial charge in [-0.05, 0) is 60.9 Å². The molecule has 0 aliphatic rings. The highest BCUT2D eigenvalue weighted by atomic mass is 79.9. The lowest BCUT2D eigenvalue weighted by molar-refractivity contribution is 0.0950. The van der Waals surface area contributed by atoms with Gasteiger partial charge in [0.25, 0.3) is 5.91 Å². The van der Waals surface area contributed by atoms with Crippen molar-refractivity contribution in [3.8, 4) is 5.75 Å². The zero-order chi connectivity index (χ0) is 23.7. The number of carbonyl (C=O) groups is 1. The van der Waals surface area contributed by atoms with Gasteiger partial charge in [0, 0.05) is 33.0 Å². The molecule has 0 radical (unpaired) electrons. The van der Waals surface area contributed by atoms with Crippen molar-refractivity contribution in [2.75, 3.05) is 6.54 Å². The molecule has 0 spiro atoms. The maximum absolute atomic E-state index is 14.2. The molecular formula is C27H23BrFN3O2. The number of hydrogen-bond acceptors (Lipinski definition) is 2. The summed E-state index contributed by atoms with van der Waals surface area (Å²) in [5.74, 6) is 0.260. The van der Waals surface area contributed by atoms with Crippen LogP contribution in [0.15, 0.2) is 71.2 Å². The van der Waals surface area contributed by atoms with E-state index in [4.69, 9.17) is 4.74 Å². The summed E-state index contributed by atoms with van der Waals surface area (Å²) < 4.78 is 20.8. The zero-order valence-electron chi connectivity index (χ0n) is 18.5. The smallest absolute Gasteiger partial charge is 0.267 e. The second-order valence-corrected chi connectivity index (χ2v) is 9.17. The highest BCUT2D eigenvalue weighted by Crippen LogP contribution is 2.28. The van der Waals surface area contributed by atoms with E-state index >= 15 is 0 Å². The van der Waals surface area contributed by atoms with Crippen molar-refractivity contribution < 1.29 is 13.9 Å². The molecule has 0 atom stereocenters. The maximum atomic E-state index is 14.2. The Kier molecular flexibility index (Phi) is 6.11. The first-order valence-corrected chi connectivity index (χ1v) is 11.8. The Morgan fingerprint density at radius 3 is 2.71 bits per heavy atom. The fourth-order valence-corrected chi connectivity index (χ4v) is 4.62. The molecular weight excluding hydrogens is 497 g/mol. The Morgan fingerprint density at radius 1 is 1.06 bits per heavy atom. The minimum absolute atomic E-state index is 0.187. The summed E-state index contributed by atoms with van der Waals surface area (Å²) in [6, 6.07) is 20.9. The van der Waals surface area contributed by atoms with Crippen LogP contribution in [0, 0.1) is 12.7 Å². The SMILES string of the molecule is Cc1[nH]c2c(F)cc(Br)cc2c1CCNC(=O)c1cc2cc(OCc3ccccc3)ccc2[nH]1. The van der Waals surface area contributed by atoms with E-state index in [9.17, 15) is 9.18 Å². The molecule has 5 nitrogen and oxygen atoms in total. The molecule has 0 aliphatic carbocycles. The Labute approximate surface area is 204 Å². The van der Waals surface area contributed by atoms with Crippen molar-refractivity contribution in [3.05, 3.63) is 99.5 Å². The van der Waals surface area contributed by atoms with E-state index in [1.54, 1.807) is 0 Å². The van der Waals surface area contributed by atoms with Crippen LogP contribution in [0.4, 0.5) is 4.39 Å². The third kappa shape index (κ3) is 4.56. The number of rotatable bonds is 7. The van der Waals surface area contributed by atoms with Gasteiger partial charge in [0.15, 0.2) is 0 Å². The summed E-state index contributed by atoms with van der Waals surface area (Å²) in [5.41, 5.74) is 4.83. The summed E-state index contributed by atoms with van der Waals surface area (Å²) in [6.07, 6.45) is 0.588. The molecule has 7 heteroatoms. The predicted molar refractivity (Wildman–Crippen MR) is 136 cm³/mol. The number of halogens is 2. The van der Waals surface area contributed by atoms with E-state index in [1.165, 1.54) is 6.07 Å². The van der Waals surface area contributed by atoms with Crippen LogP contribution in [0.25, 0.3) is 21.8 Å². The van der Waals surface area contributed by atoms with Gasteiger partial charge in [0.2, 0.25) is 0 Å². The molecule has 34 heavy (non-hydrogen) atoms. The highest BCUT2D eigenvalue weighted by Gasteiger charge is 2.14. The van der Waals surface area contributed by atoms with Gasteiger partial charge in [0.1, 0.15) is 23.9 Å². The second kappa shape index (κ2) is 9.35. The van der Waals surface area contributed by atoms with E-state index in [0.717, 1.165) is 38.9 Å². The number of ether oxygens (including phenoxy) is 1. The molecule has 5 rings (SSSR count). The quantitative estimate of drug-likeness (QED) is 0.232.